The zero-order valence-electron chi connectivity index (χ0n) is 14.2. The second kappa shape index (κ2) is 6.79. The number of likely N-dealkylation sites (tertiary alicyclic amines) is 1. The second-order valence-corrected chi connectivity index (χ2v) is 6.77. The summed E-state index contributed by atoms with van der Waals surface area (Å²) in [5.41, 5.74) is 1.08. The van der Waals surface area contributed by atoms with E-state index >= 15 is 0 Å². The Balaban J connectivity index is 1.57. The van der Waals surface area contributed by atoms with E-state index < -0.39 is 0 Å². The minimum atomic E-state index is -0.107. The van der Waals surface area contributed by atoms with E-state index in [1.165, 1.54) is 0 Å². The van der Waals surface area contributed by atoms with Gasteiger partial charge in [0.1, 0.15) is 18.1 Å². The van der Waals surface area contributed by atoms with Crippen LogP contribution in [-0.2, 0) is 11.2 Å². The Bertz CT molecular complexity index is 573. The Labute approximate surface area is 137 Å². The second-order valence-electron chi connectivity index (χ2n) is 6.77. The fourth-order valence-corrected chi connectivity index (χ4v) is 3.34. The van der Waals surface area contributed by atoms with E-state index in [4.69, 9.17) is 9.47 Å². The molecule has 1 N–H and O–H groups in total. The molecule has 2 aliphatic heterocycles. The van der Waals surface area contributed by atoms with Crippen molar-refractivity contribution in [2.45, 2.75) is 38.8 Å². The quantitative estimate of drug-likeness (QED) is 0.920. The highest BCUT2D eigenvalue weighted by Gasteiger charge is 2.30. The molecule has 1 fully saturated rings. The predicted molar refractivity (Wildman–Crippen MR) is 88.9 cm³/mol. The Morgan fingerprint density at radius 1 is 1.43 bits per heavy atom. The van der Waals surface area contributed by atoms with Gasteiger partial charge in [0.25, 0.3) is 0 Å². The van der Waals surface area contributed by atoms with E-state index in [-0.39, 0.29) is 17.9 Å². The molecule has 0 saturated carbocycles. The highest BCUT2D eigenvalue weighted by Crippen LogP contribution is 2.31. The molecule has 0 bridgehead atoms. The average molecular weight is 318 g/mol. The molecular formula is C18H26N2O3. The van der Waals surface area contributed by atoms with Crippen LogP contribution in [0.3, 0.4) is 0 Å². The molecule has 1 amide bonds. The number of nitrogens with zero attached hydrogens (tertiary/aromatic N) is 1. The van der Waals surface area contributed by atoms with Crippen molar-refractivity contribution in [2.24, 2.45) is 5.92 Å². The fraction of sp³-hybridized carbons (Fsp3) is 0.611. The smallest absolute Gasteiger partial charge is 0.227 e. The zero-order chi connectivity index (χ0) is 16.4. The number of hydrogen-bond acceptors (Lipinski definition) is 4. The highest BCUT2D eigenvalue weighted by molar-refractivity contribution is 5.80. The van der Waals surface area contributed by atoms with E-state index in [1.54, 1.807) is 7.11 Å². The number of benzene rings is 1. The first kappa shape index (κ1) is 16.1. The van der Waals surface area contributed by atoms with Crippen LogP contribution in [0.1, 0.15) is 25.8 Å². The van der Waals surface area contributed by atoms with Crippen molar-refractivity contribution in [2.75, 3.05) is 26.8 Å². The number of methoxy groups -OCH3 is 1. The number of rotatable bonds is 4. The van der Waals surface area contributed by atoms with Crippen LogP contribution in [0.2, 0.25) is 0 Å². The molecule has 1 aromatic carbocycles. The topological polar surface area (TPSA) is 50.8 Å². The lowest BCUT2D eigenvalue weighted by atomic mass is 9.95. The molecule has 126 valence electrons. The van der Waals surface area contributed by atoms with Crippen LogP contribution in [0.5, 0.6) is 11.5 Å². The number of amides is 1. The molecule has 1 aromatic rings. The van der Waals surface area contributed by atoms with Gasteiger partial charge in [0.05, 0.1) is 13.0 Å². The molecule has 23 heavy (non-hydrogen) atoms. The van der Waals surface area contributed by atoms with Crippen molar-refractivity contribution in [3.8, 4) is 11.5 Å². The summed E-state index contributed by atoms with van der Waals surface area (Å²) >= 11 is 0. The van der Waals surface area contributed by atoms with Gasteiger partial charge in [0.15, 0.2) is 0 Å². The highest BCUT2D eigenvalue weighted by atomic mass is 16.5. The van der Waals surface area contributed by atoms with Crippen molar-refractivity contribution in [1.82, 2.24) is 10.2 Å². The van der Waals surface area contributed by atoms with Crippen LogP contribution in [0.4, 0.5) is 0 Å². The Kier molecular flexibility index (Phi) is 4.76. The van der Waals surface area contributed by atoms with Crippen molar-refractivity contribution in [3.05, 3.63) is 23.8 Å². The maximum atomic E-state index is 12.5. The predicted octanol–water partition coefficient (Wildman–Crippen LogP) is 1.85. The van der Waals surface area contributed by atoms with Crippen molar-refractivity contribution in [3.63, 3.8) is 0 Å². The van der Waals surface area contributed by atoms with Gasteiger partial charge in [0, 0.05) is 31.2 Å². The number of ether oxygens (including phenoxy) is 2. The lowest BCUT2D eigenvalue weighted by molar-refractivity contribution is -0.126. The Hall–Kier alpha value is -1.75. The number of hydrogen-bond donors (Lipinski definition) is 1. The minimum Gasteiger partial charge on any atom is -0.497 e. The first-order valence-corrected chi connectivity index (χ1v) is 8.41. The summed E-state index contributed by atoms with van der Waals surface area (Å²) < 4.78 is 11.0. The molecule has 0 aliphatic carbocycles. The van der Waals surface area contributed by atoms with E-state index in [0.29, 0.717) is 12.6 Å². The summed E-state index contributed by atoms with van der Waals surface area (Å²) in [6, 6.07) is 6.60. The Morgan fingerprint density at radius 3 is 2.96 bits per heavy atom. The SMILES string of the molecule is COc1ccc2c(c1)OC[C@@H](C(=O)N[C@H]1CCN(C(C)C)C1)C2. The summed E-state index contributed by atoms with van der Waals surface area (Å²) in [7, 11) is 1.64. The van der Waals surface area contributed by atoms with E-state index in [0.717, 1.165) is 43.0 Å². The van der Waals surface area contributed by atoms with Crippen molar-refractivity contribution < 1.29 is 14.3 Å². The van der Waals surface area contributed by atoms with E-state index in [2.05, 4.69) is 24.1 Å². The molecule has 1 saturated heterocycles. The van der Waals surface area contributed by atoms with Crippen LogP contribution in [0.25, 0.3) is 0 Å². The molecule has 2 atom stereocenters. The van der Waals surface area contributed by atoms with Gasteiger partial charge in [-0.15, -0.1) is 0 Å². The third-order valence-electron chi connectivity index (χ3n) is 4.85. The zero-order valence-corrected chi connectivity index (χ0v) is 14.2. The van der Waals surface area contributed by atoms with Gasteiger partial charge in [-0.25, -0.2) is 0 Å². The van der Waals surface area contributed by atoms with Crippen LogP contribution < -0.4 is 14.8 Å². The Morgan fingerprint density at radius 2 is 2.26 bits per heavy atom. The first-order chi connectivity index (χ1) is 11.1. The van der Waals surface area contributed by atoms with Crippen LogP contribution in [0.15, 0.2) is 18.2 Å². The summed E-state index contributed by atoms with van der Waals surface area (Å²) in [5, 5.41) is 3.20. The van der Waals surface area contributed by atoms with Crippen LogP contribution in [-0.4, -0.2) is 49.7 Å². The lowest BCUT2D eigenvalue weighted by Gasteiger charge is -2.26. The molecule has 2 aliphatic rings. The minimum absolute atomic E-state index is 0.107. The summed E-state index contributed by atoms with van der Waals surface area (Å²) in [5.74, 6) is 1.62. The van der Waals surface area contributed by atoms with Gasteiger partial charge in [0.2, 0.25) is 5.91 Å². The fourth-order valence-electron chi connectivity index (χ4n) is 3.34. The van der Waals surface area contributed by atoms with Gasteiger partial charge in [-0.3, -0.25) is 9.69 Å². The van der Waals surface area contributed by atoms with E-state index in [1.807, 2.05) is 18.2 Å². The molecule has 3 rings (SSSR count). The monoisotopic (exact) mass is 318 g/mol. The summed E-state index contributed by atoms with van der Waals surface area (Å²) in [4.78, 5) is 14.9. The maximum absolute atomic E-state index is 12.5. The van der Waals surface area contributed by atoms with Gasteiger partial charge in [-0.05, 0) is 38.3 Å². The van der Waals surface area contributed by atoms with Crippen LogP contribution >= 0.6 is 0 Å². The average Bonchev–Trinajstić information content (AvgIpc) is 3.02. The van der Waals surface area contributed by atoms with Crippen molar-refractivity contribution in [1.29, 1.82) is 0 Å². The van der Waals surface area contributed by atoms with Crippen molar-refractivity contribution >= 4 is 5.91 Å². The molecular weight excluding hydrogens is 292 g/mol. The molecule has 0 radical (unpaired) electrons. The first-order valence-electron chi connectivity index (χ1n) is 8.41. The largest absolute Gasteiger partial charge is 0.497 e. The molecule has 2 heterocycles. The number of carbonyl (C=O) groups excluding carboxylic acids is 1. The molecule has 0 spiro atoms. The number of fused-ring (bicyclic) bond motifs is 1. The van der Waals surface area contributed by atoms with Gasteiger partial charge in [-0.1, -0.05) is 6.07 Å². The third-order valence-corrected chi connectivity index (χ3v) is 4.85. The van der Waals surface area contributed by atoms with Gasteiger partial charge < -0.3 is 14.8 Å². The normalized spacial score (nSPS) is 24.2. The number of carbonyl (C=O) groups is 1. The number of nitrogens with one attached hydrogen (secondary N) is 1. The molecule has 0 aromatic heterocycles. The van der Waals surface area contributed by atoms with E-state index in [9.17, 15) is 4.79 Å². The third kappa shape index (κ3) is 3.61. The van der Waals surface area contributed by atoms with Crippen LogP contribution in [0, 0.1) is 5.92 Å². The van der Waals surface area contributed by atoms with Gasteiger partial charge in [-0.2, -0.15) is 0 Å². The maximum Gasteiger partial charge on any atom is 0.227 e. The standard InChI is InChI=1S/C18H26N2O3/c1-12(2)20-7-6-15(10-20)19-18(21)14-8-13-4-5-16(22-3)9-17(13)23-11-14/h4-5,9,12,14-15H,6-8,10-11H2,1-3H3,(H,19,21)/t14-,15-/m0/s1. The molecule has 5 nitrogen and oxygen atoms in total. The van der Waals surface area contributed by atoms with Gasteiger partial charge >= 0.3 is 0 Å². The molecule has 0 unspecified atom stereocenters. The summed E-state index contributed by atoms with van der Waals surface area (Å²) in [6.07, 6.45) is 1.76. The molecule has 5 heteroatoms. The lowest BCUT2D eigenvalue weighted by Crippen LogP contribution is -2.44. The summed E-state index contributed by atoms with van der Waals surface area (Å²) in [6.45, 7) is 6.85.